The highest BCUT2D eigenvalue weighted by atomic mass is 35.5. The molecule has 1 aromatic rings. The molecule has 0 aliphatic heterocycles. The van der Waals surface area contributed by atoms with Crippen molar-refractivity contribution in [2.24, 2.45) is 5.73 Å². The second-order valence-electron chi connectivity index (χ2n) is 2.50. The third kappa shape index (κ3) is 1.51. The van der Waals surface area contributed by atoms with E-state index in [1.165, 1.54) is 6.07 Å². The van der Waals surface area contributed by atoms with E-state index in [0.29, 0.717) is 10.6 Å². The standard InChI is InChI=1S/C8H9Cl2NO/c1-4-5(3-11)8(12)7(10)2-6(4)9/h2,12H,3,11H2,1H3. The molecule has 0 aliphatic rings. The average Bonchev–Trinajstić information content (AvgIpc) is 2.02. The summed E-state index contributed by atoms with van der Waals surface area (Å²) in [5.74, 6) is 0.0288. The van der Waals surface area contributed by atoms with Crippen LogP contribution in [0.2, 0.25) is 10.0 Å². The molecular formula is C8H9Cl2NO. The van der Waals surface area contributed by atoms with Gasteiger partial charge in [0.15, 0.2) is 0 Å². The maximum absolute atomic E-state index is 9.43. The lowest BCUT2D eigenvalue weighted by molar-refractivity contribution is 0.468. The minimum atomic E-state index is 0.0288. The molecule has 1 rings (SSSR count). The number of hydrogen-bond acceptors (Lipinski definition) is 2. The summed E-state index contributed by atoms with van der Waals surface area (Å²) in [6, 6.07) is 1.51. The predicted molar refractivity (Wildman–Crippen MR) is 50.8 cm³/mol. The van der Waals surface area contributed by atoms with E-state index in [4.69, 9.17) is 28.9 Å². The van der Waals surface area contributed by atoms with Crippen LogP contribution in [0.3, 0.4) is 0 Å². The number of aromatic hydroxyl groups is 1. The summed E-state index contributed by atoms with van der Waals surface area (Å²) >= 11 is 11.5. The van der Waals surface area contributed by atoms with Crippen molar-refractivity contribution >= 4 is 23.2 Å². The number of halogens is 2. The topological polar surface area (TPSA) is 46.2 Å². The van der Waals surface area contributed by atoms with E-state index < -0.39 is 0 Å². The van der Waals surface area contributed by atoms with Gasteiger partial charge in [-0.1, -0.05) is 23.2 Å². The SMILES string of the molecule is Cc1c(Cl)cc(Cl)c(O)c1CN. The fourth-order valence-electron chi connectivity index (χ4n) is 1.00. The molecule has 0 atom stereocenters. The van der Waals surface area contributed by atoms with Gasteiger partial charge in [0.05, 0.1) is 5.02 Å². The molecule has 4 heteroatoms. The fraction of sp³-hybridized carbons (Fsp3) is 0.250. The minimum absolute atomic E-state index is 0.0288. The Hall–Kier alpha value is -0.440. The molecule has 0 saturated heterocycles. The molecule has 2 nitrogen and oxygen atoms in total. The zero-order valence-electron chi connectivity index (χ0n) is 6.56. The average molecular weight is 206 g/mol. The molecular weight excluding hydrogens is 197 g/mol. The van der Waals surface area contributed by atoms with Crippen molar-refractivity contribution in [2.45, 2.75) is 13.5 Å². The first kappa shape index (κ1) is 9.65. The molecule has 0 heterocycles. The van der Waals surface area contributed by atoms with Gasteiger partial charge in [-0.05, 0) is 18.6 Å². The van der Waals surface area contributed by atoms with Crippen LogP contribution in [0.5, 0.6) is 5.75 Å². The molecule has 0 unspecified atom stereocenters. The van der Waals surface area contributed by atoms with Gasteiger partial charge in [0.25, 0.3) is 0 Å². The molecule has 0 fully saturated rings. The van der Waals surface area contributed by atoms with Gasteiger partial charge in [-0.3, -0.25) is 0 Å². The van der Waals surface area contributed by atoms with E-state index in [1.807, 2.05) is 0 Å². The normalized spacial score (nSPS) is 10.3. The first-order valence-electron chi connectivity index (χ1n) is 3.44. The molecule has 0 bridgehead atoms. The molecule has 0 saturated carbocycles. The van der Waals surface area contributed by atoms with Crippen molar-refractivity contribution in [2.75, 3.05) is 0 Å². The second-order valence-corrected chi connectivity index (χ2v) is 3.31. The third-order valence-corrected chi connectivity index (χ3v) is 2.46. The Labute approximate surface area is 80.9 Å². The molecule has 3 N–H and O–H groups in total. The quantitative estimate of drug-likeness (QED) is 0.741. The number of phenolic OH excluding ortho intramolecular Hbond substituents is 1. The van der Waals surface area contributed by atoms with Gasteiger partial charge < -0.3 is 10.8 Å². The van der Waals surface area contributed by atoms with Crippen LogP contribution in [0.25, 0.3) is 0 Å². The Balaban J connectivity index is 3.42. The monoisotopic (exact) mass is 205 g/mol. The van der Waals surface area contributed by atoms with Gasteiger partial charge in [0.2, 0.25) is 0 Å². The summed E-state index contributed by atoms with van der Waals surface area (Å²) < 4.78 is 0. The molecule has 0 spiro atoms. The van der Waals surface area contributed by atoms with Crippen molar-refractivity contribution in [3.63, 3.8) is 0 Å². The number of rotatable bonds is 1. The lowest BCUT2D eigenvalue weighted by Crippen LogP contribution is -2.00. The highest BCUT2D eigenvalue weighted by Crippen LogP contribution is 2.34. The van der Waals surface area contributed by atoms with Crippen LogP contribution < -0.4 is 5.73 Å². The Morgan fingerprint density at radius 1 is 1.42 bits per heavy atom. The van der Waals surface area contributed by atoms with E-state index in [9.17, 15) is 5.11 Å². The smallest absolute Gasteiger partial charge is 0.139 e. The van der Waals surface area contributed by atoms with Crippen LogP contribution in [0.4, 0.5) is 0 Å². The summed E-state index contributed by atoms with van der Waals surface area (Å²) in [7, 11) is 0. The van der Waals surface area contributed by atoms with Gasteiger partial charge in [0, 0.05) is 17.1 Å². The maximum atomic E-state index is 9.43. The second kappa shape index (κ2) is 3.52. The van der Waals surface area contributed by atoms with Crippen molar-refractivity contribution < 1.29 is 5.11 Å². The number of benzene rings is 1. The molecule has 1 aromatic carbocycles. The van der Waals surface area contributed by atoms with Gasteiger partial charge in [-0.25, -0.2) is 0 Å². The Morgan fingerprint density at radius 2 is 2.00 bits per heavy atom. The predicted octanol–water partition coefficient (Wildman–Crippen LogP) is 2.47. The van der Waals surface area contributed by atoms with Gasteiger partial charge >= 0.3 is 0 Å². The zero-order chi connectivity index (χ0) is 9.30. The van der Waals surface area contributed by atoms with E-state index in [2.05, 4.69) is 0 Å². The number of nitrogens with two attached hydrogens (primary N) is 1. The minimum Gasteiger partial charge on any atom is -0.506 e. The first-order chi connectivity index (χ1) is 5.57. The number of phenols is 1. The highest BCUT2D eigenvalue weighted by Gasteiger charge is 2.10. The van der Waals surface area contributed by atoms with Crippen LogP contribution in [0.15, 0.2) is 6.07 Å². The molecule has 12 heavy (non-hydrogen) atoms. The lowest BCUT2D eigenvalue weighted by atomic mass is 10.1. The van der Waals surface area contributed by atoms with Gasteiger partial charge in [-0.15, -0.1) is 0 Å². The summed E-state index contributed by atoms with van der Waals surface area (Å²) in [5.41, 5.74) is 6.79. The summed E-state index contributed by atoms with van der Waals surface area (Å²) in [6.45, 7) is 2.03. The van der Waals surface area contributed by atoms with Crippen molar-refractivity contribution in [1.29, 1.82) is 0 Å². The van der Waals surface area contributed by atoms with Crippen LogP contribution in [-0.2, 0) is 6.54 Å². The van der Waals surface area contributed by atoms with Crippen LogP contribution >= 0.6 is 23.2 Å². The van der Waals surface area contributed by atoms with Crippen LogP contribution in [-0.4, -0.2) is 5.11 Å². The first-order valence-corrected chi connectivity index (χ1v) is 4.20. The third-order valence-electron chi connectivity index (χ3n) is 1.78. The highest BCUT2D eigenvalue weighted by molar-refractivity contribution is 6.36. The van der Waals surface area contributed by atoms with Gasteiger partial charge in [-0.2, -0.15) is 0 Å². The fourth-order valence-corrected chi connectivity index (χ4v) is 1.51. The number of hydrogen-bond donors (Lipinski definition) is 2. The Kier molecular flexibility index (Phi) is 2.83. The van der Waals surface area contributed by atoms with E-state index in [1.54, 1.807) is 6.92 Å². The molecule has 0 aliphatic carbocycles. The summed E-state index contributed by atoms with van der Waals surface area (Å²) in [6.07, 6.45) is 0. The van der Waals surface area contributed by atoms with E-state index in [-0.39, 0.29) is 17.3 Å². The maximum Gasteiger partial charge on any atom is 0.139 e. The van der Waals surface area contributed by atoms with Crippen LogP contribution in [0, 0.1) is 6.92 Å². The van der Waals surface area contributed by atoms with Crippen LogP contribution in [0.1, 0.15) is 11.1 Å². The summed E-state index contributed by atoms with van der Waals surface area (Å²) in [5, 5.41) is 10.2. The Morgan fingerprint density at radius 3 is 2.50 bits per heavy atom. The lowest BCUT2D eigenvalue weighted by Gasteiger charge is -2.08. The van der Waals surface area contributed by atoms with E-state index >= 15 is 0 Å². The Bertz CT molecular complexity index is 286. The molecule has 66 valence electrons. The molecule has 0 aromatic heterocycles. The summed E-state index contributed by atoms with van der Waals surface area (Å²) in [4.78, 5) is 0. The van der Waals surface area contributed by atoms with Gasteiger partial charge in [0.1, 0.15) is 5.75 Å². The van der Waals surface area contributed by atoms with Crippen molar-refractivity contribution in [1.82, 2.24) is 0 Å². The van der Waals surface area contributed by atoms with Crippen molar-refractivity contribution in [3.8, 4) is 5.75 Å². The molecule has 0 radical (unpaired) electrons. The van der Waals surface area contributed by atoms with Crippen molar-refractivity contribution in [3.05, 3.63) is 27.2 Å². The zero-order valence-corrected chi connectivity index (χ0v) is 8.08. The van der Waals surface area contributed by atoms with E-state index in [0.717, 1.165) is 5.56 Å². The largest absolute Gasteiger partial charge is 0.506 e. The molecule has 0 amide bonds.